The van der Waals surface area contributed by atoms with Crippen molar-refractivity contribution < 1.29 is 4.42 Å². The first kappa shape index (κ1) is 8.56. The van der Waals surface area contributed by atoms with E-state index in [4.69, 9.17) is 4.42 Å². The minimum Gasteiger partial charge on any atom is -0.461 e. The molecule has 2 heterocycles. The van der Waals surface area contributed by atoms with E-state index >= 15 is 0 Å². The molecular weight excluding hydrogens is 232 g/mol. The summed E-state index contributed by atoms with van der Waals surface area (Å²) in [5, 5.41) is 0. The molecule has 68 valence electrons. The van der Waals surface area contributed by atoms with Gasteiger partial charge in [-0.3, -0.25) is 0 Å². The van der Waals surface area contributed by atoms with Gasteiger partial charge >= 0.3 is 0 Å². The number of hydrogen-bond acceptors (Lipinski definition) is 2. The lowest BCUT2D eigenvalue weighted by Crippen LogP contribution is -1.96. The minimum absolute atomic E-state index is 0.799. The Morgan fingerprint density at radius 1 is 1.62 bits per heavy atom. The van der Waals surface area contributed by atoms with E-state index < -0.39 is 0 Å². The molecular formula is C9H9BrN2O. The summed E-state index contributed by atoms with van der Waals surface area (Å²) in [7, 11) is 0. The molecule has 0 atom stereocenters. The quantitative estimate of drug-likeness (QED) is 0.809. The lowest BCUT2D eigenvalue weighted by atomic mass is 10.4. The Balaban J connectivity index is 2.52. The second-order valence-electron chi connectivity index (χ2n) is 2.63. The number of rotatable bonds is 2. The Morgan fingerprint density at radius 3 is 3.08 bits per heavy atom. The lowest BCUT2D eigenvalue weighted by Gasteiger charge is -2.02. The van der Waals surface area contributed by atoms with Crippen LogP contribution in [-0.2, 0) is 6.54 Å². The molecule has 0 spiro atoms. The summed E-state index contributed by atoms with van der Waals surface area (Å²) in [4.78, 5) is 4.25. The van der Waals surface area contributed by atoms with Crippen LogP contribution in [0.15, 0.2) is 33.6 Å². The van der Waals surface area contributed by atoms with Crippen molar-refractivity contribution in [3.8, 4) is 11.6 Å². The van der Waals surface area contributed by atoms with Gasteiger partial charge in [-0.25, -0.2) is 4.98 Å². The summed E-state index contributed by atoms with van der Waals surface area (Å²) in [6, 6.07) is 3.76. The number of imidazole rings is 1. The van der Waals surface area contributed by atoms with Crippen molar-refractivity contribution in [3.05, 3.63) is 29.2 Å². The Kier molecular flexibility index (Phi) is 2.22. The molecule has 0 N–H and O–H groups in total. The smallest absolute Gasteiger partial charge is 0.177 e. The number of aromatic nitrogens is 2. The third kappa shape index (κ3) is 1.42. The van der Waals surface area contributed by atoms with Gasteiger partial charge in [0.2, 0.25) is 0 Å². The average molecular weight is 241 g/mol. The van der Waals surface area contributed by atoms with Crippen molar-refractivity contribution >= 4 is 15.9 Å². The highest BCUT2D eigenvalue weighted by Gasteiger charge is 2.10. The lowest BCUT2D eigenvalue weighted by molar-refractivity contribution is 0.570. The maximum atomic E-state index is 5.27. The first-order valence-corrected chi connectivity index (χ1v) is 4.87. The monoisotopic (exact) mass is 240 g/mol. The molecule has 2 aromatic heterocycles. The molecule has 0 bridgehead atoms. The van der Waals surface area contributed by atoms with Crippen LogP contribution in [0.3, 0.4) is 0 Å². The molecule has 0 aromatic carbocycles. The van der Waals surface area contributed by atoms with E-state index in [1.165, 1.54) is 0 Å². The van der Waals surface area contributed by atoms with Crippen LogP contribution in [0.5, 0.6) is 0 Å². The molecule has 3 nitrogen and oxygen atoms in total. The van der Waals surface area contributed by atoms with Crippen LogP contribution in [0.1, 0.15) is 6.92 Å². The maximum Gasteiger partial charge on any atom is 0.177 e. The molecule has 0 radical (unpaired) electrons. The van der Waals surface area contributed by atoms with Crippen molar-refractivity contribution in [2.75, 3.05) is 0 Å². The molecule has 0 aliphatic carbocycles. The fourth-order valence-electron chi connectivity index (χ4n) is 1.26. The van der Waals surface area contributed by atoms with E-state index in [0.29, 0.717) is 0 Å². The second kappa shape index (κ2) is 3.38. The Labute approximate surface area is 84.5 Å². The maximum absolute atomic E-state index is 5.27. The normalized spacial score (nSPS) is 10.6. The van der Waals surface area contributed by atoms with Gasteiger partial charge in [-0.05, 0) is 35.0 Å². The molecule has 0 aliphatic heterocycles. The average Bonchev–Trinajstić information content (AvgIpc) is 2.71. The van der Waals surface area contributed by atoms with Crippen LogP contribution in [0.4, 0.5) is 0 Å². The van der Waals surface area contributed by atoms with Crippen molar-refractivity contribution in [3.63, 3.8) is 0 Å². The van der Waals surface area contributed by atoms with Crippen LogP contribution in [0.25, 0.3) is 11.6 Å². The van der Waals surface area contributed by atoms with E-state index in [0.717, 1.165) is 22.7 Å². The van der Waals surface area contributed by atoms with Gasteiger partial charge in [0, 0.05) is 6.54 Å². The number of hydrogen-bond donors (Lipinski definition) is 0. The third-order valence-electron chi connectivity index (χ3n) is 1.86. The van der Waals surface area contributed by atoms with Crippen molar-refractivity contribution in [2.45, 2.75) is 13.5 Å². The standard InChI is InChI=1S/C9H9BrN2O/c1-2-12-8(10)6-11-9(12)7-4-3-5-13-7/h3-6H,2H2,1H3. The molecule has 0 fully saturated rings. The Bertz CT molecular complexity index is 392. The van der Waals surface area contributed by atoms with E-state index in [2.05, 4.69) is 27.8 Å². The van der Waals surface area contributed by atoms with Gasteiger partial charge in [-0.2, -0.15) is 0 Å². The molecule has 2 aromatic rings. The van der Waals surface area contributed by atoms with Crippen LogP contribution in [-0.4, -0.2) is 9.55 Å². The zero-order valence-corrected chi connectivity index (χ0v) is 8.78. The molecule has 0 saturated heterocycles. The first-order chi connectivity index (χ1) is 6.33. The van der Waals surface area contributed by atoms with Gasteiger partial charge in [0.15, 0.2) is 11.6 Å². The largest absolute Gasteiger partial charge is 0.461 e. The molecule has 0 unspecified atom stereocenters. The predicted molar refractivity (Wildman–Crippen MR) is 53.3 cm³/mol. The topological polar surface area (TPSA) is 31.0 Å². The number of nitrogens with zero attached hydrogens (tertiary/aromatic N) is 2. The van der Waals surface area contributed by atoms with E-state index in [9.17, 15) is 0 Å². The molecule has 0 aliphatic rings. The fraction of sp³-hybridized carbons (Fsp3) is 0.222. The zero-order valence-electron chi connectivity index (χ0n) is 7.20. The van der Waals surface area contributed by atoms with Crippen molar-refractivity contribution in [2.24, 2.45) is 0 Å². The molecule has 2 rings (SSSR count). The Hall–Kier alpha value is -1.03. The van der Waals surface area contributed by atoms with Crippen molar-refractivity contribution in [1.82, 2.24) is 9.55 Å². The van der Waals surface area contributed by atoms with Crippen LogP contribution in [0, 0.1) is 0 Å². The molecule has 0 saturated carbocycles. The van der Waals surface area contributed by atoms with Crippen LogP contribution < -0.4 is 0 Å². The van der Waals surface area contributed by atoms with Gasteiger partial charge in [0.25, 0.3) is 0 Å². The molecule has 4 heteroatoms. The summed E-state index contributed by atoms with van der Waals surface area (Å²) < 4.78 is 8.29. The highest BCUT2D eigenvalue weighted by Crippen LogP contribution is 2.22. The van der Waals surface area contributed by atoms with Gasteiger partial charge in [-0.15, -0.1) is 0 Å². The molecule has 0 amide bonds. The fourth-order valence-corrected chi connectivity index (χ4v) is 1.78. The van der Waals surface area contributed by atoms with E-state index in [1.54, 1.807) is 12.5 Å². The van der Waals surface area contributed by atoms with E-state index in [-0.39, 0.29) is 0 Å². The van der Waals surface area contributed by atoms with Crippen LogP contribution in [0.2, 0.25) is 0 Å². The predicted octanol–water partition coefficient (Wildman–Crippen LogP) is 2.93. The molecule has 13 heavy (non-hydrogen) atoms. The summed E-state index contributed by atoms with van der Waals surface area (Å²) in [5.41, 5.74) is 0. The van der Waals surface area contributed by atoms with Crippen molar-refractivity contribution in [1.29, 1.82) is 0 Å². The highest BCUT2D eigenvalue weighted by atomic mass is 79.9. The third-order valence-corrected chi connectivity index (χ3v) is 2.50. The Morgan fingerprint density at radius 2 is 2.46 bits per heavy atom. The number of furan rings is 1. The zero-order chi connectivity index (χ0) is 9.26. The second-order valence-corrected chi connectivity index (χ2v) is 3.44. The van der Waals surface area contributed by atoms with Gasteiger partial charge in [0.05, 0.1) is 12.5 Å². The SMILES string of the molecule is CCn1c(Br)cnc1-c1ccco1. The number of halogens is 1. The van der Waals surface area contributed by atoms with Gasteiger partial charge in [0.1, 0.15) is 4.60 Å². The summed E-state index contributed by atoms with van der Waals surface area (Å²) in [6.07, 6.45) is 3.43. The summed E-state index contributed by atoms with van der Waals surface area (Å²) in [5.74, 6) is 1.66. The van der Waals surface area contributed by atoms with Crippen LogP contribution >= 0.6 is 15.9 Å². The van der Waals surface area contributed by atoms with E-state index in [1.807, 2.05) is 16.7 Å². The highest BCUT2D eigenvalue weighted by molar-refractivity contribution is 9.10. The van der Waals surface area contributed by atoms with Gasteiger partial charge in [-0.1, -0.05) is 0 Å². The van der Waals surface area contributed by atoms with Gasteiger partial charge < -0.3 is 8.98 Å². The summed E-state index contributed by atoms with van der Waals surface area (Å²) in [6.45, 7) is 2.94. The first-order valence-electron chi connectivity index (χ1n) is 4.08. The minimum atomic E-state index is 0.799. The summed E-state index contributed by atoms with van der Waals surface area (Å²) >= 11 is 3.42.